The molecule has 0 fully saturated rings. The number of halogens is 1. The van der Waals surface area contributed by atoms with Crippen LogP contribution in [0.15, 0.2) is 27.6 Å². The van der Waals surface area contributed by atoms with E-state index in [1.54, 1.807) is 13.8 Å². The third kappa shape index (κ3) is 2.95. The zero-order valence-electron chi connectivity index (χ0n) is 11.0. The fraction of sp³-hybridized carbons (Fsp3) is 0.250. The number of anilines is 1. The molecule has 20 heavy (non-hydrogen) atoms. The largest absolute Gasteiger partial charge is 0.397 e. The van der Waals surface area contributed by atoms with E-state index in [0.29, 0.717) is 16.5 Å². The first kappa shape index (κ1) is 14.8. The monoisotopic (exact) mass is 315 g/mol. The van der Waals surface area contributed by atoms with E-state index in [1.807, 2.05) is 0 Å². The van der Waals surface area contributed by atoms with Crippen LogP contribution in [0, 0.1) is 13.8 Å². The van der Waals surface area contributed by atoms with Crippen molar-refractivity contribution >= 4 is 27.3 Å². The molecule has 3 N–H and O–H groups in total. The Morgan fingerprint density at radius 3 is 2.65 bits per heavy atom. The Morgan fingerprint density at radius 1 is 1.40 bits per heavy atom. The number of hydrogen-bond donors (Lipinski definition) is 2. The standard InChI is InChI=1S/C12H14ClN3O3S/c1-7-10(8(2)19-16-7)6-15-20(17,18)9-3-4-11(13)12(14)5-9/h3-5,15H,6,14H2,1-2H3. The molecule has 0 saturated heterocycles. The highest BCUT2D eigenvalue weighted by molar-refractivity contribution is 7.89. The predicted molar refractivity (Wildman–Crippen MR) is 75.9 cm³/mol. The van der Waals surface area contributed by atoms with Crippen LogP contribution in [0.4, 0.5) is 5.69 Å². The second-order valence-corrected chi connectivity index (χ2v) is 6.48. The first-order valence-corrected chi connectivity index (χ1v) is 7.64. The molecule has 0 spiro atoms. The number of nitrogens with zero attached hydrogens (tertiary/aromatic N) is 1. The first-order valence-electron chi connectivity index (χ1n) is 5.77. The van der Waals surface area contributed by atoms with Crippen LogP contribution < -0.4 is 10.5 Å². The third-order valence-electron chi connectivity index (χ3n) is 2.90. The van der Waals surface area contributed by atoms with E-state index >= 15 is 0 Å². The summed E-state index contributed by atoms with van der Waals surface area (Å²) in [6.45, 7) is 3.58. The molecule has 0 aliphatic heterocycles. The van der Waals surface area contributed by atoms with Crippen LogP contribution in [0.5, 0.6) is 0 Å². The molecule has 0 aliphatic rings. The van der Waals surface area contributed by atoms with Crippen LogP contribution in [0.3, 0.4) is 0 Å². The molecule has 0 aliphatic carbocycles. The van der Waals surface area contributed by atoms with Crippen molar-refractivity contribution in [2.45, 2.75) is 25.3 Å². The SMILES string of the molecule is Cc1noc(C)c1CNS(=O)(=O)c1ccc(Cl)c(N)c1. The second kappa shape index (κ2) is 5.43. The molecule has 6 nitrogen and oxygen atoms in total. The summed E-state index contributed by atoms with van der Waals surface area (Å²) < 4.78 is 31.8. The minimum atomic E-state index is -3.67. The van der Waals surface area contributed by atoms with Crippen molar-refractivity contribution in [1.29, 1.82) is 0 Å². The summed E-state index contributed by atoms with van der Waals surface area (Å²) >= 11 is 5.77. The number of aryl methyl sites for hydroxylation is 2. The minimum absolute atomic E-state index is 0.0613. The van der Waals surface area contributed by atoms with E-state index in [-0.39, 0.29) is 17.1 Å². The summed E-state index contributed by atoms with van der Waals surface area (Å²) in [5.41, 5.74) is 7.19. The molecule has 0 atom stereocenters. The second-order valence-electron chi connectivity index (χ2n) is 4.31. The molecule has 1 aromatic carbocycles. The average molecular weight is 316 g/mol. The Kier molecular flexibility index (Phi) is 4.03. The van der Waals surface area contributed by atoms with Gasteiger partial charge in [0.15, 0.2) is 0 Å². The highest BCUT2D eigenvalue weighted by Gasteiger charge is 2.17. The number of benzene rings is 1. The Bertz CT molecular complexity index is 721. The van der Waals surface area contributed by atoms with Crippen molar-refractivity contribution in [1.82, 2.24) is 9.88 Å². The number of nitrogens with two attached hydrogens (primary N) is 1. The molecule has 108 valence electrons. The van der Waals surface area contributed by atoms with Crippen LogP contribution in [0.2, 0.25) is 5.02 Å². The molecule has 0 saturated carbocycles. The molecular formula is C12H14ClN3O3S. The highest BCUT2D eigenvalue weighted by Crippen LogP contribution is 2.22. The average Bonchev–Trinajstić information content (AvgIpc) is 2.70. The van der Waals surface area contributed by atoms with Gasteiger partial charge in [-0.25, -0.2) is 13.1 Å². The summed E-state index contributed by atoms with van der Waals surface area (Å²) in [6.07, 6.45) is 0. The maximum absolute atomic E-state index is 12.2. The summed E-state index contributed by atoms with van der Waals surface area (Å²) in [6, 6.07) is 4.16. The van der Waals surface area contributed by atoms with E-state index in [0.717, 1.165) is 5.56 Å². The van der Waals surface area contributed by atoms with E-state index in [9.17, 15) is 8.42 Å². The molecule has 0 unspecified atom stereocenters. The normalized spacial score (nSPS) is 11.8. The van der Waals surface area contributed by atoms with Gasteiger partial charge in [0.2, 0.25) is 10.0 Å². The van der Waals surface area contributed by atoms with Gasteiger partial charge in [-0.1, -0.05) is 16.8 Å². The van der Waals surface area contributed by atoms with E-state index < -0.39 is 10.0 Å². The van der Waals surface area contributed by atoms with E-state index in [1.165, 1.54) is 18.2 Å². The van der Waals surface area contributed by atoms with Gasteiger partial charge in [-0.3, -0.25) is 0 Å². The van der Waals surface area contributed by atoms with Crippen LogP contribution in [0.25, 0.3) is 0 Å². The lowest BCUT2D eigenvalue weighted by Gasteiger charge is -2.08. The molecule has 0 bridgehead atoms. The van der Waals surface area contributed by atoms with Crippen molar-refractivity contribution in [3.63, 3.8) is 0 Å². The molecule has 2 aromatic rings. The number of nitrogens with one attached hydrogen (secondary N) is 1. The summed E-state index contributed by atoms with van der Waals surface area (Å²) in [7, 11) is -3.67. The van der Waals surface area contributed by atoms with Crippen LogP contribution >= 0.6 is 11.6 Å². The number of sulfonamides is 1. The lowest BCUT2D eigenvalue weighted by atomic mass is 10.2. The zero-order valence-corrected chi connectivity index (χ0v) is 12.5. The third-order valence-corrected chi connectivity index (χ3v) is 4.64. The van der Waals surface area contributed by atoms with Gasteiger partial charge in [0.1, 0.15) is 5.76 Å². The molecule has 1 heterocycles. The maximum atomic E-state index is 12.2. The summed E-state index contributed by atoms with van der Waals surface area (Å²) in [5.74, 6) is 0.584. The van der Waals surface area contributed by atoms with Gasteiger partial charge >= 0.3 is 0 Å². The van der Waals surface area contributed by atoms with Gasteiger partial charge in [-0.2, -0.15) is 0 Å². The topological polar surface area (TPSA) is 98.2 Å². The summed E-state index contributed by atoms with van der Waals surface area (Å²) in [4.78, 5) is 0.0613. The minimum Gasteiger partial charge on any atom is -0.397 e. The first-order chi connectivity index (χ1) is 9.31. The molecule has 0 amide bonds. The Morgan fingerprint density at radius 2 is 2.10 bits per heavy atom. The lowest BCUT2D eigenvalue weighted by Crippen LogP contribution is -2.23. The van der Waals surface area contributed by atoms with Gasteiger partial charge in [0.25, 0.3) is 0 Å². The van der Waals surface area contributed by atoms with E-state index in [2.05, 4.69) is 9.88 Å². The van der Waals surface area contributed by atoms with Gasteiger partial charge < -0.3 is 10.3 Å². The van der Waals surface area contributed by atoms with Gasteiger partial charge in [-0.15, -0.1) is 0 Å². The van der Waals surface area contributed by atoms with Gasteiger partial charge in [-0.05, 0) is 32.0 Å². The molecule has 8 heteroatoms. The van der Waals surface area contributed by atoms with Crippen LogP contribution in [-0.2, 0) is 16.6 Å². The lowest BCUT2D eigenvalue weighted by molar-refractivity contribution is 0.392. The van der Waals surface area contributed by atoms with E-state index in [4.69, 9.17) is 21.9 Å². The number of hydrogen-bond acceptors (Lipinski definition) is 5. The van der Waals surface area contributed by atoms with Crippen molar-refractivity contribution < 1.29 is 12.9 Å². The summed E-state index contributed by atoms with van der Waals surface area (Å²) in [5, 5.41) is 4.08. The Hall–Kier alpha value is -1.57. The van der Waals surface area contributed by atoms with Crippen molar-refractivity contribution in [3.05, 3.63) is 40.2 Å². The smallest absolute Gasteiger partial charge is 0.240 e. The zero-order chi connectivity index (χ0) is 14.9. The maximum Gasteiger partial charge on any atom is 0.240 e. The van der Waals surface area contributed by atoms with Crippen molar-refractivity contribution in [2.24, 2.45) is 0 Å². The Balaban J connectivity index is 2.21. The molecular weight excluding hydrogens is 302 g/mol. The number of nitrogen functional groups attached to an aromatic ring is 1. The quantitative estimate of drug-likeness (QED) is 0.841. The Labute approximate surface area is 122 Å². The van der Waals surface area contributed by atoms with Gasteiger partial charge in [0.05, 0.1) is 21.3 Å². The van der Waals surface area contributed by atoms with Crippen molar-refractivity contribution in [2.75, 3.05) is 5.73 Å². The molecule has 1 aromatic heterocycles. The van der Waals surface area contributed by atoms with Gasteiger partial charge in [0, 0.05) is 12.1 Å². The number of aromatic nitrogens is 1. The highest BCUT2D eigenvalue weighted by atomic mass is 35.5. The molecule has 0 radical (unpaired) electrons. The molecule has 2 rings (SSSR count). The number of rotatable bonds is 4. The fourth-order valence-electron chi connectivity index (χ4n) is 1.69. The fourth-order valence-corrected chi connectivity index (χ4v) is 2.84. The van der Waals surface area contributed by atoms with Crippen molar-refractivity contribution in [3.8, 4) is 0 Å². The predicted octanol–water partition coefficient (Wildman–Crippen LogP) is 2.01. The van der Waals surface area contributed by atoms with Crippen LogP contribution in [0.1, 0.15) is 17.0 Å². The van der Waals surface area contributed by atoms with Crippen LogP contribution in [-0.4, -0.2) is 13.6 Å².